The third kappa shape index (κ3) is 5.18. The SMILES string of the molecule is COc1ccc(C(=O)N[C@@H](CC(=O)O)c2ccccc2C)nc1-c1ccc(C(C)=O)cc1. The van der Waals surface area contributed by atoms with Gasteiger partial charge in [-0.25, -0.2) is 4.98 Å². The summed E-state index contributed by atoms with van der Waals surface area (Å²) in [5, 5.41) is 12.1. The van der Waals surface area contributed by atoms with E-state index < -0.39 is 17.9 Å². The van der Waals surface area contributed by atoms with Crippen LogP contribution in [0, 0.1) is 6.92 Å². The van der Waals surface area contributed by atoms with Crippen LogP contribution in [0.5, 0.6) is 5.75 Å². The lowest BCUT2D eigenvalue weighted by molar-refractivity contribution is -0.137. The molecule has 0 saturated carbocycles. The van der Waals surface area contributed by atoms with Gasteiger partial charge in [-0.1, -0.05) is 48.5 Å². The maximum Gasteiger partial charge on any atom is 0.305 e. The number of benzene rings is 2. The van der Waals surface area contributed by atoms with Crippen molar-refractivity contribution in [3.63, 3.8) is 0 Å². The van der Waals surface area contributed by atoms with Crippen LogP contribution < -0.4 is 10.1 Å². The van der Waals surface area contributed by atoms with Crippen molar-refractivity contribution in [3.05, 3.63) is 83.0 Å². The van der Waals surface area contributed by atoms with Crippen LogP contribution in [0.4, 0.5) is 0 Å². The number of nitrogens with one attached hydrogen (secondary N) is 1. The molecule has 1 heterocycles. The molecular weight excluding hydrogens is 408 g/mol. The van der Waals surface area contributed by atoms with Gasteiger partial charge in [0.1, 0.15) is 17.1 Å². The van der Waals surface area contributed by atoms with Crippen molar-refractivity contribution >= 4 is 17.7 Å². The quantitative estimate of drug-likeness (QED) is 0.517. The number of carbonyl (C=O) groups is 3. The Labute approximate surface area is 186 Å². The van der Waals surface area contributed by atoms with Crippen LogP contribution in [0.15, 0.2) is 60.7 Å². The number of aryl methyl sites for hydroxylation is 1. The summed E-state index contributed by atoms with van der Waals surface area (Å²) >= 11 is 0. The maximum absolute atomic E-state index is 13.0. The molecule has 2 aromatic carbocycles. The zero-order valence-corrected chi connectivity index (χ0v) is 18.1. The predicted molar refractivity (Wildman–Crippen MR) is 120 cm³/mol. The van der Waals surface area contributed by atoms with E-state index in [1.807, 2.05) is 19.1 Å². The Balaban J connectivity index is 1.93. The molecule has 164 valence electrons. The first-order valence-corrected chi connectivity index (χ1v) is 10.0. The first kappa shape index (κ1) is 22.7. The molecule has 0 saturated heterocycles. The van der Waals surface area contributed by atoms with Crippen molar-refractivity contribution in [2.45, 2.75) is 26.3 Å². The summed E-state index contributed by atoms with van der Waals surface area (Å²) in [6.45, 7) is 3.35. The monoisotopic (exact) mass is 432 g/mol. The lowest BCUT2D eigenvalue weighted by Crippen LogP contribution is -2.31. The van der Waals surface area contributed by atoms with E-state index in [4.69, 9.17) is 4.74 Å². The zero-order chi connectivity index (χ0) is 23.3. The molecular formula is C25H24N2O5. The molecule has 0 bridgehead atoms. The van der Waals surface area contributed by atoms with Crippen LogP contribution in [0.1, 0.15) is 51.4 Å². The number of carbonyl (C=O) groups excluding carboxylic acids is 2. The van der Waals surface area contributed by atoms with Crippen LogP contribution in [0.3, 0.4) is 0 Å². The summed E-state index contributed by atoms with van der Waals surface area (Å²) in [6.07, 6.45) is -0.258. The number of ketones is 1. The van der Waals surface area contributed by atoms with Crippen LogP contribution in [0.25, 0.3) is 11.3 Å². The fourth-order valence-electron chi connectivity index (χ4n) is 3.43. The van der Waals surface area contributed by atoms with E-state index in [2.05, 4.69) is 10.3 Å². The number of carboxylic acid groups (broad SMARTS) is 1. The van der Waals surface area contributed by atoms with Crippen molar-refractivity contribution in [2.75, 3.05) is 7.11 Å². The van der Waals surface area contributed by atoms with Gasteiger partial charge in [0, 0.05) is 11.1 Å². The van der Waals surface area contributed by atoms with Crippen molar-refractivity contribution in [2.24, 2.45) is 0 Å². The molecule has 32 heavy (non-hydrogen) atoms. The Morgan fingerprint density at radius 3 is 2.31 bits per heavy atom. The van der Waals surface area contributed by atoms with Crippen molar-refractivity contribution in [1.29, 1.82) is 0 Å². The zero-order valence-electron chi connectivity index (χ0n) is 18.1. The molecule has 0 unspecified atom stereocenters. The number of pyridine rings is 1. The van der Waals surface area contributed by atoms with E-state index >= 15 is 0 Å². The van der Waals surface area contributed by atoms with Gasteiger partial charge in [-0.3, -0.25) is 14.4 Å². The summed E-state index contributed by atoms with van der Waals surface area (Å²) in [7, 11) is 1.51. The first-order chi connectivity index (χ1) is 15.3. The van der Waals surface area contributed by atoms with E-state index in [-0.39, 0.29) is 17.9 Å². The fourth-order valence-corrected chi connectivity index (χ4v) is 3.43. The lowest BCUT2D eigenvalue weighted by Gasteiger charge is -2.19. The molecule has 0 spiro atoms. The Kier molecular flexibility index (Phi) is 7.00. The Morgan fingerprint density at radius 1 is 1.03 bits per heavy atom. The van der Waals surface area contributed by atoms with Crippen LogP contribution in [-0.2, 0) is 4.79 Å². The number of hydrogen-bond donors (Lipinski definition) is 2. The minimum Gasteiger partial charge on any atom is -0.494 e. The van der Waals surface area contributed by atoms with Crippen LogP contribution in [0.2, 0.25) is 0 Å². The highest BCUT2D eigenvalue weighted by Crippen LogP contribution is 2.29. The number of rotatable bonds is 8. The number of amides is 1. The summed E-state index contributed by atoms with van der Waals surface area (Å²) in [4.78, 5) is 40.4. The predicted octanol–water partition coefficient (Wildman–Crippen LogP) is 4.21. The molecule has 1 aromatic heterocycles. The van der Waals surface area contributed by atoms with Crippen LogP contribution >= 0.6 is 0 Å². The van der Waals surface area contributed by atoms with E-state index in [0.29, 0.717) is 22.6 Å². The van der Waals surface area contributed by atoms with Gasteiger partial charge >= 0.3 is 5.97 Å². The van der Waals surface area contributed by atoms with Crippen molar-refractivity contribution in [3.8, 4) is 17.0 Å². The topological polar surface area (TPSA) is 106 Å². The Hall–Kier alpha value is -4.00. The second-order valence-electron chi connectivity index (χ2n) is 7.36. The minimum atomic E-state index is -1.02. The number of hydrogen-bond acceptors (Lipinski definition) is 5. The minimum absolute atomic E-state index is 0.0507. The van der Waals surface area contributed by atoms with E-state index in [9.17, 15) is 19.5 Å². The third-order valence-electron chi connectivity index (χ3n) is 5.12. The molecule has 2 N–H and O–H groups in total. The van der Waals surface area contributed by atoms with E-state index in [1.54, 1.807) is 42.5 Å². The van der Waals surface area contributed by atoms with Gasteiger partial charge in [-0.2, -0.15) is 0 Å². The van der Waals surface area contributed by atoms with Gasteiger partial charge in [0.2, 0.25) is 0 Å². The lowest BCUT2D eigenvalue weighted by atomic mass is 9.98. The number of aliphatic carboxylic acids is 1. The summed E-state index contributed by atoms with van der Waals surface area (Å²) in [5.74, 6) is -1.10. The first-order valence-electron chi connectivity index (χ1n) is 10.0. The number of nitrogens with zero attached hydrogens (tertiary/aromatic N) is 1. The molecule has 0 aliphatic heterocycles. The molecule has 7 nitrogen and oxygen atoms in total. The molecule has 3 aromatic rings. The van der Waals surface area contributed by atoms with E-state index in [1.165, 1.54) is 20.1 Å². The molecule has 3 rings (SSSR count). The number of ether oxygens (including phenoxy) is 1. The highest BCUT2D eigenvalue weighted by molar-refractivity contribution is 5.95. The number of aromatic nitrogens is 1. The smallest absolute Gasteiger partial charge is 0.305 e. The Bertz CT molecular complexity index is 1160. The largest absolute Gasteiger partial charge is 0.494 e. The molecule has 1 amide bonds. The van der Waals surface area contributed by atoms with Crippen molar-refractivity contribution < 1.29 is 24.2 Å². The average Bonchev–Trinajstić information content (AvgIpc) is 2.78. The highest BCUT2D eigenvalue weighted by Gasteiger charge is 2.22. The summed E-state index contributed by atoms with van der Waals surface area (Å²) in [6, 6.07) is 16.6. The average molecular weight is 432 g/mol. The third-order valence-corrected chi connectivity index (χ3v) is 5.12. The Morgan fingerprint density at radius 2 is 1.72 bits per heavy atom. The van der Waals surface area contributed by atoms with Crippen molar-refractivity contribution in [1.82, 2.24) is 10.3 Å². The number of Topliss-reactive ketones (excluding diaryl/α,β-unsaturated/α-hetero) is 1. The number of carboxylic acids is 1. The van der Waals surface area contributed by atoms with Gasteiger partial charge in [0.05, 0.1) is 19.6 Å². The fraction of sp³-hybridized carbons (Fsp3) is 0.200. The maximum atomic E-state index is 13.0. The summed E-state index contributed by atoms with van der Waals surface area (Å²) < 4.78 is 5.39. The van der Waals surface area contributed by atoms with Gasteiger partial charge in [-0.05, 0) is 37.1 Å². The molecule has 0 aliphatic rings. The van der Waals surface area contributed by atoms with Gasteiger partial charge in [0.15, 0.2) is 5.78 Å². The molecule has 0 radical (unpaired) electrons. The molecule has 1 atom stereocenters. The molecule has 7 heteroatoms. The van der Waals surface area contributed by atoms with Gasteiger partial charge < -0.3 is 15.2 Å². The second-order valence-corrected chi connectivity index (χ2v) is 7.36. The van der Waals surface area contributed by atoms with Gasteiger partial charge in [0.25, 0.3) is 5.91 Å². The highest BCUT2D eigenvalue weighted by atomic mass is 16.5. The van der Waals surface area contributed by atoms with Crippen LogP contribution in [-0.4, -0.2) is 34.9 Å². The molecule has 0 aliphatic carbocycles. The number of methoxy groups -OCH3 is 1. The normalized spacial score (nSPS) is 11.5. The molecule has 0 fully saturated rings. The van der Waals surface area contributed by atoms with Gasteiger partial charge in [-0.15, -0.1) is 0 Å². The summed E-state index contributed by atoms with van der Waals surface area (Å²) in [5.41, 5.74) is 3.44. The standard InChI is InChI=1S/C25H24N2O5/c1-15-6-4-5-7-19(15)21(14-23(29)30)27-25(31)20-12-13-22(32-3)24(26-20)18-10-8-17(9-11-18)16(2)28/h4-13,21H,14H2,1-3H3,(H,27,31)(H,29,30)/t21-/m0/s1. The van der Waals surface area contributed by atoms with E-state index in [0.717, 1.165) is 11.1 Å². The second kappa shape index (κ2) is 9.87.